The molecule has 1 fully saturated rings. The Hall–Kier alpha value is -2.74. The molecule has 1 amide bonds. The summed E-state index contributed by atoms with van der Waals surface area (Å²) in [5.74, 6) is -1.52. The summed E-state index contributed by atoms with van der Waals surface area (Å²) in [5.41, 5.74) is -2.30. The van der Waals surface area contributed by atoms with Gasteiger partial charge >= 0.3 is 6.09 Å². The number of carbonyl (C=O) groups is 2. The van der Waals surface area contributed by atoms with Gasteiger partial charge < -0.3 is 14.8 Å². The molecule has 3 rings (SSSR count). The van der Waals surface area contributed by atoms with Crippen LogP contribution in [0.4, 0.5) is 9.18 Å². The van der Waals surface area contributed by atoms with Crippen molar-refractivity contribution in [1.82, 2.24) is 5.32 Å². The van der Waals surface area contributed by atoms with Gasteiger partial charge in [-0.25, -0.2) is 17.6 Å². The van der Waals surface area contributed by atoms with Gasteiger partial charge in [0.2, 0.25) is 0 Å². The first-order valence-electron chi connectivity index (χ1n) is 9.03. The van der Waals surface area contributed by atoms with Crippen LogP contribution in [0.2, 0.25) is 0 Å². The van der Waals surface area contributed by atoms with Crippen LogP contribution in [-0.2, 0) is 19.4 Å². The van der Waals surface area contributed by atoms with Crippen LogP contribution >= 0.6 is 0 Å². The van der Waals surface area contributed by atoms with Crippen molar-refractivity contribution in [3.63, 3.8) is 0 Å². The zero-order valence-corrected chi connectivity index (χ0v) is 17.1. The monoisotopic (exact) mass is 419 g/mol. The quantitative estimate of drug-likeness (QED) is 0.752. The third kappa shape index (κ3) is 4.03. The lowest BCUT2D eigenvalue weighted by Crippen LogP contribution is -2.45. The summed E-state index contributed by atoms with van der Waals surface area (Å²) in [6, 6.07) is 13.0. The number of rotatable bonds is 5. The largest absolute Gasteiger partial charge is 0.444 e. The number of hydrogen-bond acceptors (Lipinski definition) is 5. The number of hydrogen-bond donors (Lipinski definition) is 1. The van der Waals surface area contributed by atoms with E-state index in [1.54, 1.807) is 39.0 Å². The van der Waals surface area contributed by atoms with Crippen LogP contribution in [0, 0.1) is 5.82 Å². The Labute approximate surface area is 169 Å². The SMILES string of the molecule is CC(C)(C)OC(=O)NC1(C=O)C(c2cccc(F)c2)C1S(=O)(=O)c1ccccc1. The van der Waals surface area contributed by atoms with Crippen molar-refractivity contribution in [3.8, 4) is 0 Å². The maximum absolute atomic E-state index is 13.8. The molecule has 1 N–H and O–H groups in total. The molecular formula is C21H22FNO5S. The maximum Gasteiger partial charge on any atom is 0.408 e. The smallest absolute Gasteiger partial charge is 0.408 e. The van der Waals surface area contributed by atoms with Gasteiger partial charge in [-0.05, 0) is 50.6 Å². The third-order valence-electron chi connectivity index (χ3n) is 4.71. The number of sulfone groups is 1. The molecule has 0 radical (unpaired) electrons. The number of aldehydes is 1. The minimum Gasteiger partial charge on any atom is -0.444 e. The van der Waals surface area contributed by atoms with Crippen molar-refractivity contribution in [2.45, 2.75) is 48.0 Å². The number of benzene rings is 2. The molecular weight excluding hydrogens is 397 g/mol. The van der Waals surface area contributed by atoms with E-state index in [4.69, 9.17) is 4.74 Å². The lowest BCUT2D eigenvalue weighted by atomic mass is 10.1. The predicted octanol–water partition coefficient (Wildman–Crippen LogP) is 3.23. The fourth-order valence-corrected chi connectivity index (χ4v) is 5.78. The summed E-state index contributed by atoms with van der Waals surface area (Å²) >= 11 is 0. The zero-order chi connectivity index (χ0) is 21.4. The highest BCUT2D eigenvalue weighted by molar-refractivity contribution is 7.92. The fraction of sp³-hybridized carbons (Fsp3) is 0.333. The van der Waals surface area contributed by atoms with Crippen molar-refractivity contribution in [1.29, 1.82) is 0 Å². The minimum atomic E-state index is -4.01. The molecule has 6 nitrogen and oxygen atoms in total. The average Bonchev–Trinajstić information content (AvgIpc) is 3.30. The van der Waals surface area contributed by atoms with E-state index in [0.717, 1.165) is 0 Å². The van der Waals surface area contributed by atoms with Gasteiger partial charge in [-0.2, -0.15) is 0 Å². The zero-order valence-electron chi connectivity index (χ0n) is 16.3. The molecule has 2 aromatic carbocycles. The molecule has 3 atom stereocenters. The number of carbonyl (C=O) groups excluding carboxylic acids is 2. The van der Waals surface area contributed by atoms with Gasteiger partial charge in [0.1, 0.15) is 28.5 Å². The van der Waals surface area contributed by atoms with Gasteiger partial charge in [-0.3, -0.25) is 0 Å². The Morgan fingerprint density at radius 1 is 1.14 bits per heavy atom. The Morgan fingerprint density at radius 2 is 1.79 bits per heavy atom. The molecule has 2 aromatic rings. The maximum atomic E-state index is 13.8. The molecule has 1 aliphatic carbocycles. The first kappa shape index (κ1) is 21.0. The second-order valence-corrected chi connectivity index (χ2v) is 10.1. The summed E-state index contributed by atoms with van der Waals surface area (Å²) < 4.78 is 45.5. The Bertz CT molecular complexity index is 1030. The van der Waals surface area contributed by atoms with Gasteiger partial charge in [0, 0.05) is 5.92 Å². The minimum absolute atomic E-state index is 0.0149. The van der Waals surface area contributed by atoms with Crippen molar-refractivity contribution in [3.05, 3.63) is 66.0 Å². The van der Waals surface area contributed by atoms with Gasteiger partial charge in [-0.15, -0.1) is 0 Å². The molecule has 29 heavy (non-hydrogen) atoms. The second kappa shape index (κ2) is 7.26. The second-order valence-electron chi connectivity index (χ2n) is 7.99. The standard InChI is InChI=1S/C21H22FNO5S/c1-20(2,3)28-19(25)23-21(13-24)17(14-8-7-9-15(22)12-14)18(21)29(26,27)16-10-5-4-6-11-16/h4-13,17-18H,1-3H3,(H,23,25). The lowest BCUT2D eigenvalue weighted by Gasteiger charge is -2.22. The van der Waals surface area contributed by atoms with Crippen LogP contribution in [0.5, 0.6) is 0 Å². The summed E-state index contributed by atoms with van der Waals surface area (Å²) in [7, 11) is -4.01. The van der Waals surface area contributed by atoms with Crippen molar-refractivity contribution >= 4 is 22.2 Å². The van der Waals surface area contributed by atoms with E-state index >= 15 is 0 Å². The lowest BCUT2D eigenvalue weighted by molar-refractivity contribution is -0.110. The molecule has 0 saturated heterocycles. The molecule has 154 valence electrons. The average molecular weight is 419 g/mol. The van der Waals surface area contributed by atoms with Crippen LogP contribution in [-0.4, -0.2) is 37.2 Å². The molecule has 0 aliphatic heterocycles. The van der Waals surface area contributed by atoms with Gasteiger partial charge in [0.25, 0.3) is 0 Å². The van der Waals surface area contributed by atoms with E-state index in [0.29, 0.717) is 11.8 Å². The third-order valence-corrected chi connectivity index (χ3v) is 6.97. The van der Waals surface area contributed by atoms with Crippen LogP contribution in [0.1, 0.15) is 32.3 Å². The molecule has 8 heteroatoms. The molecule has 0 spiro atoms. The van der Waals surface area contributed by atoms with E-state index in [1.807, 2.05) is 0 Å². The summed E-state index contributed by atoms with van der Waals surface area (Å²) in [5, 5.41) is 1.15. The summed E-state index contributed by atoms with van der Waals surface area (Å²) in [4.78, 5) is 24.5. The first-order chi connectivity index (χ1) is 13.5. The summed E-state index contributed by atoms with van der Waals surface area (Å²) in [6.07, 6.45) is -0.519. The molecule has 0 heterocycles. The number of alkyl carbamates (subject to hydrolysis) is 1. The van der Waals surface area contributed by atoms with E-state index in [-0.39, 0.29) is 4.90 Å². The van der Waals surface area contributed by atoms with Crippen molar-refractivity contribution < 1.29 is 27.1 Å². The summed E-state index contributed by atoms with van der Waals surface area (Å²) in [6.45, 7) is 4.94. The van der Waals surface area contributed by atoms with Crippen LogP contribution in [0.25, 0.3) is 0 Å². The van der Waals surface area contributed by atoms with Crippen molar-refractivity contribution in [2.24, 2.45) is 0 Å². The van der Waals surface area contributed by atoms with Gasteiger partial charge in [0.15, 0.2) is 9.84 Å². The van der Waals surface area contributed by atoms with Crippen LogP contribution in [0.15, 0.2) is 59.5 Å². The Balaban J connectivity index is 2.05. The number of amides is 1. The number of ether oxygens (including phenoxy) is 1. The number of halogens is 1. The Kier molecular flexibility index (Phi) is 5.25. The van der Waals surface area contributed by atoms with E-state index in [2.05, 4.69) is 5.32 Å². The molecule has 0 aromatic heterocycles. The van der Waals surface area contributed by atoms with Gasteiger partial charge in [-0.1, -0.05) is 30.3 Å². The highest BCUT2D eigenvalue weighted by atomic mass is 32.2. The predicted molar refractivity (Wildman–Crippen MR) is 105 cm³/mol. The molecule has 1 saturated carbocycles. The van der Waals surface area contributed by atoms with E-state index < -0.39 is 44.1 Å². The normalized spacial score (nSPS) is 23.9. The topological polar surface area (TPSA) is 89.5 Å². The highest BCUT2D eigenvalue weighted by Crippen LogP contribution is 2.56. The molecule has 0 bridgehead atoms. The molecule has 3 unspecified atom stereocenters. The highest BCUT2D eigenvalue weighted by Gasteiger charge is 2.73. The van der Waals surface area contributed by atoms with E-state index in [9.17, 15) is 22.4 Å². The van der Waals surface area contributed by atoms with Gasteiger partial charge in [0.05, 0.1) is 4.90 Å². The van der Waals surface area contributed by atoms with Crippen LogP contribution < -0.4 is 5.32 Å². The Morgan fingerprint density at radius 3 is 2.34 bits per heavy atom. The first-order valence-corrected chi connectivity index (χ1v) is 10.6. The van der Waals surface area contributed by atoms with E-state index in [1.165, 1.54) is 36.4 Å². The molecule has 1 aliphatic rings. The van der Waals surface area contributed by atoms with Crippen molar-refractivity contribution in [2.75, 3.05) is 0 Å². The fourth-order valence-electron chi connectivity index (χ4n) is 3.52. The van der Waals surface area contributed by atoms with Crippen LogP contribution in [0.3, 0.4) is 0 Å². The number of nitrogens with one attached hydrogen (secondary N) is 1.